The number of benzene rings is 1. The normalized spacial score (nSPS) is 20.8. The van der Waals surface area contributed by atoms with Crippen LogP contribution in [0.4, 0.5) is 0 Å². The number of aliphatic hydroxyl groups excluding tert-OH is 1. The van der Waals surface area contributed by atoms with E-state index in [1.807, 2.05) is 38.1 Å². The summed E-state index contributed by atoms with van der Waals surface area (Å²) >= 11 is 0. The van der Waals surface area contributed by atoms with Crippen LogP contribution in [0.15, 0.2) is 30.4 Å². The maximum atomic E-state index is 11.3. The number of carbonyl (C=O) groups is 1. The molecule has 1 aliphatic carbocycles. The van der Waals surface area contributed by atoms with E-state index in [1.165, 1.54) is 7.11 Å². The molecule has 1 aromatic carbocycles. The third kappa shape index (κ3) is 6.65. The summed E-state index contributed by atoms with van der Waals surface area (Å²) in [6, 6.07) is 5.92. The minimum atomic E-state index is -0.504. The summed E-state index contributed by atoms with van der Waals surface area (Å²) in [5.41, 5.74) is 1.86. The van der Waals surface area contributed by atoms with Crippen molar-refractivity contribution >= 4 is 5.97 Å². The lowest BCUT2D eigenvalue weighted by molar-refractivity contribution is -0.140. The minimum absolute atomic E-state index is 0.102. The van der Waals surface area contributed by atoms with Crippen molar-refractivity contribution in [2.24, 2.45) is 11.8 Å². The monoisotopic (exact) mass is 398 g/mol. The fraction of sp³-hybridized carbons (Fsp3) is 0.560. The van der Waals surface area contributed by atoms with Crippen molar-refractivity contribution in [2.45, 2.75) is 70.8 Å². The van der Waals surface area contributed by atoms with E-state index in [0.29, 0.717) is 37.4 Å². The summed E-state index contributed by atoms with van der Waals surface area (Å²) in [4.78, 5) is 11.3. The van der Waals surface area contributed by atoms with Gasteiger partial charge in [0.2, 0.25) is 0 Å². The molecule has 0 radical (unpaired) electrons. The molecule has 4 heteroatoms. The van der Waals surface area contributed by atoms with Crippen molar-refractivity contribution in [3.05, 3.63) is 41.5 Å². The fourth-order valence-electron chi connectivity index (χ4n) is 4.07. The predicted octanol–water partition coefficient (Wildman–Crippen LogP) is 4.74. The van der Waals surface area contributed by atoms with E-state index >= 15 is 0 Å². The summed E-state index contributed by atoms with van der Waals surface area (Å²) in [6.45, 7) is 3.82. The van der Waals surface area contributed by atoms with Crippen LogP contribution < -0.4 is 0 Å². The van der Waals surface area contributed by atoms with Crippen LogP contribution in [0.25, 0.3) is 0 Å². The van der Waals surface area contributed by atoms with E-state index in [0.717, 1.165) is 30.4 Å². The third-order valence-electron chi connectivity index (χ3n) is 5.91. The summed E-state index contributed by atoms with van der Waals surface area (Å²) in [6.07, 6.45) is 9.07. The maximum Gasteiger partial charge on any atom is 0.305 e. The average Bonchev–Trinajstić information content (AvgIpc) is 3.19. The zero-order valence-corrected chi connectivity index (χ0v) is 17.9. The van der Waals surface area contributed by atoms with Gasteiger partial charge < -0.3 is 14.9 Å². The first-order valence-corrected chi connectivity index (χ1v) is 10.6. The van der Waals surface area contributed by atoms with Gasteiger partial charge in [0.15, 0.2) is 0 Å². The molecule has 158 valence electrons. The standard InChI is InChI=1S/C25H34O4/c1-4-5-9-18(2)23(26)17-16-19-10-6-13-21(19)22-14-7-11-20(25(22)28)12-8-15-24(27)29-3/h7,11,14,16-19,21,23,26,28H,6,8-10,12-13,15H2,1-3H3/b17-16+/t18?,19?,21-,23?/m0/s1. The lowest BCUT2D eigenvalue weighted by Crippen LogP contribution is -2.15. The minimum Gasteiger partial charge on any atom is -0.507 e. The molecule has 1 fully saturated rings. The van der Waals surface area contributed by atoms with Crippen molar-refractivity contribution in [2.75, 3.05) is 7.11 Å². The second kappa shape index (κ2) is 11.7. The number of carbonyl (C=O) groups excluding carboxylic acids is 1. The van der Waals surface area contributed by atoms with Gasteiger partial charge in [-0.1, -0.05) is 43.7 Å². The summed E-state index contributed by atoms with van der Waals surface area (Å²) in [5, 5.41) is 21.2. The van der Waals surface area contributed by atoms with E-state index in [2.05, 4.69) is 22.7 Å². The molecule has 2 N–H and O–H groups in total. The molecule has 1 aromatic rings. The number of phenols is 1. The first kappa shape index (κ1) is 23.0. The number of methoxy groups -OCH3 is 1. The molecular weight excluding hydrogens is 364 g/mol. The number of ether oxygens (including phenoxy) is 1. The van der Waals surface area contributed by atoms with Gasteiger partial charge >= 0.3 is 5.97 Å². The number of para-hydroxylation sites is 1. The number of aryl methyl sites for hydroxylation is 1. The van der Waals surface area contributed by atoms with Crippen LogP contribution >= 0.6 is 0 Å². The highest BCUT2D eigenvalue weighted by Crippen LogP contribution is 2.44. The van der Waals surface area contributed by atoms with Crippen molar-refractivity contribution in [1.82, 2.24) is 0 Å². The molecular formula is C25H34O4. The van der Waals surface area contributed by atoms with Crippen LogP contribution in [-0.2, 0) is 16.0 Å². The molecule has 1 saturated carbocycles. The number of hydrogen-bond acceptors (Lipinski definition) is 4. The van der Waals surface area contributed by atoms with E-state index in [1.54, 1.807) is 0 Å². The Morgan fingerprint density at radius 3 is 2.90 bits per heavy atom. The molecule has 0 amide bonds. The highest BCUT2D eigenvalue weighted by Gasteiger charge is 2.29. The number of aliphatic hydroxyl groups is 1. The topological polar surface area (TPSA) is 66.8 Å². The molecule has 4 atom stereocenters. The maximum absolute atomic E-state index is 11.3. The Morgan fingerprint density at radius 2 is 2.17 bits per heavy atom. The average molecular weight is 399 g/mol. The molecule has 0 saturated heterocycles. The van der Waals surface area contributed by atoms with Gasteiger partial charge in [0, 0.05) is 12.8 Å². The summed E-state index contributed by atoms with van der Waals surface area (Å²) in [7, 11) is 1.39. The van der Waals surface area contributed by atoms with Gasteiger partial charge in [-0.15, -0.1) is 11.8 Å². The number of hydrogen-bond donors (Lipinski definition) is 2. The summed E-state index contributed by atoms with van der Waals surface area (Å²) < 4.78 is 4.69. The molecule has 0 aromatic heterocycles. The highest BCUT2D eigenvalue weighted by atomic mass is 16.5. The van der Waals surface area contributed by atoms with Crippen LogP contribution in [0.3, 0.4) is 0 Å². The Hall–Kier alpha value is -2.25. The second-order valence-electron chi connectivity index (χ2n) is 7.97. The first-order valence-electron chi connectivity index (χ1n) is 10.6. The lowest BCUT2D eigenvalue weighted by Gasteiger charge is -2.21. The summed E-state index contributed by atoms with van der Waals surface area (Å²) in [5.74, 6) is 6.70. The quantitative estimate of drug-likeness (QED) is 0.358. The van der Waals surface area contributed by atoms with Gasteiger partial charge in [0.1, 0.15) is 5.75 Å². The largest absolute Gasteiger partial charge is 0.507 e. The molecule has 3 unspecified atom stereocenters. The SMILES string of the molecule is CC#CCC(C)C(O)/C=C/C1CCC[C@@H]1c1cccc(CCCC(=O)OC)c1O. The van der Waals surface area contributed by atoms with E-state index < -0.39 is 6.10 Å². The lowest BCUT2D eigenvalue weighted by atomic mass is 9.86. The predicted molar refractivity (Wildman–Crippen MR) is 116 cm³/mol. The van der Waals surface area contributed by atoms with Gasteiger partial charge in [-0.05, 0) is 61.5 Å². The molecule has 0 heterocycles. The Kier molecular flexibility index (Phi) is 9.28. The van der Waals surface area contributed by atoms with Crippen molar-refractivity contribution < 1.29 is 19.7 Å². The van der Waals surface area contributed by atoms with E-state index in [4.69, 9.17) is 0 Å². The highest BCUT2D eigenvalue weighted by molar-refractivity contribution is 5.69. The Labute approximate surface area is 175 Å². The number of allylic oxidation sites excluding steroid dienone is 1. The molecule has 0 bridgehead atoms. The van der Waals surface area contributed by atoms with Gasteiger partial charge in [-0.2, -0.15) is 0 Å². The smallest absolute Gasteiger partial charge is 0.305 e. The van der Waals surface area contributed by atoms with Crippen LogP contribution in [0.2, 0.25) is 0 Å². The number of rotatable bonds is 9. The van der Waals surface area contributed by atoms with E-state index in [9.17, 15) is 15.0 Å². The van der Waals surface area contributed by atoms with Crippen molar-refractivity contribution in [3.63, 3.8) is 0 Å². The van der Waals surface area contributed by atoms with Gasteiger partial charge in [0.05, 0.1) is 13.2 Å². The van der Waals surface area contributed by atoms with Crippen LogP contribution in [0.5, 0.6) is 5.75 Å². The number of aromatic hydroxyl groups is 1. The molecule has 0 spiro atoms. The van der Waals surface area contributed by atoms with E-state index in [-0.39, 0.29) is 17.8 Å². The fourth-order valence-corrected chi connectivity index (χ4v) is 4.07. The number of esters is 1. The van der Waals surface area contributed by atoms with Gasteiger partial charge in [0.25, 0.3) is 0 Å². The molecule has 29 heavy (non-hydrogen) atoms. The molecule has 1 aliphatic rings. The molecule has 0 aliphatic heterocycles. The Bertz CT molecular complexity index is 756. The first-order chi connectivity index (χ1) is 14.0. The zero-order chi connectivity index (χ0) is 21.2. The van der Waals surface area contributed by atoms with Crippen molar-refractivity contribution in [1.29, 1.82) is 0 Å². The Balaban J connectivity index is 2.06. The third-order valence-corrected chi connectivity index (χ3v) is 5.91. The van der Waals surface area contributed by atoms with Gasteiger partial charge in [-0.3, -0.25) is 4.79 Å². The van der Waals surface area contributed by atoms with Crippen LogP contribution in [0.1, 0.15) is 69.4 Å². The van der Waals surface area contributed by atoms with Crippen molar-refractivity contribution in [3.8, 4) is 17.6 Å². The Morgan fingerprint density at radius 1 is 1.38 bits per heavy atom. The van der Waals surface area contributed by atoms with Gasteiger partial charge in [-0.25, -0.2) is 0 Å². The van der Waals surface area contributed by atoms with Crippen LogP contribution in [0, 0.1) is 23.7 Å². The zero-order valence-electron chi connectivity index (χ0n) is 17.9. The molecule has 4 nitrogen and oxygen atoms in total. The number of phenolic OH excluding ortho intramolecular Hbond substituents is 1. The van der Waals surface area contributed by atoms with Crippen LogP contribution in [-0.4, -0.2) is 29.4 Å². The second-order valence-corrected chi connectivity index (χ2v) is 7.97. The molecule has 2 rings (SSSR count).